The lowest BCUT2D eigenvalue weighted by molar-refractivity contribution is 0.111. The summed E-state index contributed by atoms with van der Waals surface area (Å²) < 4.78 is 38.4. The number of hydrogen-bond acceptors (Lipinski definition) is 6. The minimum absolute atomic E-state index is 0.127. The van der Waals surface area contributed by atoms with Crippen LogP contribution in [0.5, 0.6) is 11.5 Å². The highest BCUT2D eigenvalue weighted by molar-refractivity contribution is 9.14. The second kappa shape index (κ2) is 16.5. The second-order valence-corrected chi connectivity index (χ2v) is 7.52. The van der Waals surface area contributed by atoms with E-state index in [0.717, 1.165) is 27.3 Å². The number of hydrogen-bond donors (Lipinski definition) is 1. The molecular formula is C22H27BrF2N2O3S. The van der Waals surface area contributed by atoms with Gasteiger partial charge in [0.15, 0.2) is 17.9 Å². The van der Waals surface area contributed by atoms with E-state index >= 15 is 0 Å². The van der Waals surface area contributed by atoms with E-state index in [1.54, 1.807) is 7.11 Å². The second-order valence-electron chi connectivity index (χ2n) is 5.10. The number of methoxy groups -OCH3 is 1. The molecule has 0 saturated carbocycles. The van der Waals surface area contributed by atoms with E-state index in [0.29, 0.717) is 11.4 Å². The fraction of sp³-hybridized carbons (Fsp3) is 0.273. The Kier molecular flexibility index (Phi) is 15.3. The van der Waals surface area contributed by atoms with E-state index in [2.05, 4.69) is 33.4 Å². The zero-order chi connectivity index (χ0) is 23.8. The molecule has 0 aliphatic rings. The summed E-state index contributed by atoms with van der Waals surface area (Å²) in [5, 5.41) is 0. The van der Waals surface area contributed by atoms with Gasteiger partial charge in [0.25, 0.3) is 0 Å². The van der Waals surface area contributed by atoms with E-state index < -0.39 is 17.2 Å². The van der Waals surface area contributed by atoms with Crippen LogP contribution in [0.4, 0.5) is 8.78 Å². The molecule has 5 nitrogen and oxygen atoms in total. The summed E-state index contributed by atoms with van der Waals surface area (Å²) in [7, 11) is 3.09. The zero-order valence-electron chi connectivity index (χ0n) is 18.0. The van der Waals surface area contributed by atoms with Crippen LogP contribution in [-0.2, 0) is 0 Å². The number of ether oxygens (including phenoxy) is 2. The van der Waals surface area contributed by atoms with Crippen LogP contribution in [-0.4, -0.2) is 39.5 Å². The Morgan fingerprint density at radius 1 is 1.19 bits per heavy atom. The van der Waals surface area contributed by atoms with Crippen LogP contribution in [0.15, 0.2) is 45.2 Å². The standard InChI is InChI=1S/C19H16BrF2NO3S.C2H6.CH5N/c1-23-18(12-3-5-13(25-2)6-4-12)19(20)27-10-9-26-16-8-7-15(21)14(11-24)17(16)22;2*1-2/h3-8,11H,1,9-10H2,2H3;1-2H3;2H2,1H3/b19-18-;;. The zero-order valence-corrected chi connectivity index (χ0v) is 20.4. The van der Waals surface area contributed by atoms with Gasteiger partial charge in [-0.05, 0) is 66.1 Å². The van der Waals surface area contributed by atoms with Crippen molar-refractivity contribution in [3.05, 3.63) is 63.0 Å². The third-order valence-electron chi connectivity index (χ3n) is 3.49. The van der Waals surface area contributed by atoms with Gasteiger partial charge < -0.3 is 15.2 Å². The molecule has 0 bridgehead atoms. The van der Waals surface area contributed by atoms with Gasteiger partial charge in [-0.3, -0.25) is 9.79 Å². The topological polar surface area (TPSA) is 73.9 Å². The quantitative estimate of drug-likeness (QED) is 0.254. The highest BCUT2D eigenvalue weighted by Gasteiger charge is 2.14. The van der Waals surface area contributed by atoms with E-state index in [4.69, 9.17) is 9.47 Å². The molecule has 0 radical (unpaired) electrons. The highest BCUT2D eigenvalue weighted by atomic mass is 79.9. The van der Waals surface area contributed by atoms with E-state index in [1.165, 1.54) is 18.8 Å². The number of benzene rings is 2. The van der Waals surface area contributed by atoms with Crippen LogP contribution < -0.4 is 15.2 Å². The molecule has 0 aromatic heterocycles. The molecule has 0 saturated heterocycles. The molecule has 2 aromatic carbocycles. The number of thioether (sulfide) groups is 1. The fourth-order valence-corrected chi connectivity index (χ4v) is 3.64. The Bertz CT molecular complexity index is 863. The monoisotopic (exact) mass is 516 g/mol. The first kappa shape index (κ1) is 28.8. The summed E-state index contributed by atoms with van der Waals surface area (Å²) in [6.07, 6.45) is 0.127. The molecule has 0 aliphatic carbocycles. The number of aldehydes is 1. The Labute approximate surface area is 194 Å². The minimum Gasteiger partial charge on any atom is -0.497 e. The van der Waals surface area contributed by atoms with Gasteiger partial charge in [-0.1, -0.05) is 13.8 Å². The molecule has 31 heavy (non-hydrogen) atoms. The van der Waals surface area contributed by atoms with Crippen molar-refractivity contribution in [1.82, 2.24) is 0 Å². The summed E-state index contributed by atoms with van der Waals surface area (Å²) in [6, 6.07) is 9.49. The van der Waals surface area contributed by atoms with E-state index in [-0.39, 0.29) is 18.6 Å². The van der Waals surface area contributed by atoms with E-state index in [9.17, 15) is 13.6 Å². The lowest BCUT2D eigenvalue weighted by atomic mass is 10.2. The SMILES string of the molecule is C=N/C(=C(/Br)SCCOc1ccc(F)c(C=O)c1F)c1ccc(OC)cc1.CC.CN. The first-order valence-corrected chi connectivity index (χ1v) is 11.1. The maximum absolute atomic E-state index is 13.9. The summed E-state index contributed by atoms with van der Waals surface area (Å²) in [5.41, 5.74) is 5.36. The Hall–Kier alpha value is -2.23. The minimum atomic E-state index is -1.00. The number of nitrogens with zero attached hydrogens (tertiary/aromatic N) is 1. The largest absolute Gasteiger partial charge is 0.497 e. The smallest absolute Gasteiger partial charge is 0.178 e. The van der Waals surface area contributed by atoms with Crippen molar-refractivity contribution in [2.24, 2.45) is 10.7 Å². The molecule has 9 heteroatoms. The molecule has 0 amide bonds. The molecule has 2 aromatic rings. The number of rotatable bonds is 9. The third kappa shape index (κ3) is 8.80. The van der Waals surface area contributed by atoms with Crippen molar-refractivity contribution in [3.8, 4) is 11.5 Å². The van der Waals surface area contributed by atoms with Crippen LogP contribution in [0.25, 0.3) is 5.70 Å². The number of nitrogens with two attached hydrogens (primary N) is 1. The average molecular weight is 517 g/mol. The molecule has 0 spiro atoms. The summed E-state index contributed by atoms with van der Waals surface area (Å²) >= 11 is 4.85. The number of carbonyl (C=O) groups excluding carboxylic acids is 1. The van der Waals surface area contributed by atoms with Crippen molar-refractivity contribution in [2.75, 3.05) is 26.5 Å². The average Bonchev–Trinajstić information content (AvgIpc) is 2.82. The first-order valence-electron chi connectivity index (χ1n) is 9.29. The van der Waals surface area contributed by atoms with Gasteiger partial charge in [0, 0.05) is 11.3 Å². The van der Waals surface area contributed by atoms with Gasteiger partial charge in [0.2, 0.25) is 0 Å². The lowest BCUT2D eigenvalue weighted by Crippen LogP contribution is -2.04. The Morgan fingerprint density at radius 3 is 2.32 bits per heavy atom. The lowest BCUT2D eigenvalue weighted by Gasteiger charge is -2.10. The van der Waals surface area contributed by atoms with Crippen molar-refractivity contribution in [3.63, 3.8) is 0 Å². The van der Waals surface area contributed by atoms with Gasteiger partial charge >= 0.3 is 0 Å². The number of carbonyl (C=O) groups is 1. The van der Waals surface area contributed by atoms with Crippen molar-refractivity contribution >= 4 is 46.4 Å². The van der Waals surface area contributed by atoms with Crippen molar-refractivity contribution in [1.29, 1.82) is 0 Å². The van der Waals surface area contributed by atoms with Crippen LogP contribution >= 0.6 is 27.7 Å². The van der Waals surface area contributed by atoms with Gasteiger partial charge in [-0.25, -0.2) is 8.78 Å². The molecule has 0 atom stereocenters. The maximum atomic E-state index is 13.9. The van der Waals surface area contributed by atoms with Crippen LogP contribution in [0.1, 0.15) is 29.8 Å². The van der Waals surface area contributed by atoms with Crippen molar-refractivity contribution < 1.29 is 23.0 Å². The molecule has 0 unspecified atom stereocenters. The summed E-state index contributed by atoms with van der Waals surface area (Å²) in [5.74, 6) is -0.901. The molecular weight excluding hydrogens is 490 g/mol. The normalized spacial score (nSPS) is 10.5. The van der Waals surface area contributed by atoms with Crippen LogP contribution in [0.2, 0.25) is 0 Å². The summed E-state index contributed by atoms with van der Waals surface area (Å²) in [6.45, 7) is 7.73. The highest BCUT2D eigenvalue weighted by Crippen LogP contribution is 2.33. The van der Waals surface area contributed by atoms with Gasteiger partial charge in [0.1, 0.15) is 11.6 Å². The predicted molar refractivity (Wildman–Crippen MR) is 130 cm³/mol. The van der Waals surface area contributed by atoms with E-state index in [1.807, 2.05) is 38.1 Å². The molecule has 0 fully saturated rings. The molecule has 0 heterocycles. The summed E-state index contributed by atoms with van der Waals surface area (Å²) in [4.78, 5) is 14.8. The predicted octanol–water partition coefficient (Wildman–Crippen LogP) is 5.92. The van der Waals surface area contributed by atoms with Crippen LogP contribution in [0, 0.1) is 11.6 Å². The fourth-order valence-electron chi connectivity index (χ4n) is 2.14. The molecule has 170 valence electrons. The third-order valence-corrected chi connectivity index (χ3v) is 5.37. The molecule has 0 aliphatic heterocycles. The number of aliphatic imine (C=N–C) groups is 1. The number of halogens is 3. The Balaban J connectivity index is 0.00000212. The van der Waals surface area contributed by atoms with Crippen LogP contribution in [0.3, 0.4) is 0 Å². The first-order chi connectivity index (χ1) is 15.0. The van der Waals surface area contributed by atoms with Gasteiger partial charge in [-0.2, -0.15) is 0 Å². The van der Waals surface area contributed by atoms with Gasteiger partial charge in [0.05, 0.1) is 28.8 Å². The molecule has 2 rings (SSSR count). The van der Waals surface area contributed by atoms with Crippen molar-refractivity contribution in [2.45, 2.75) is 13.8 Å². The maximum Gasteiger partial charge on any atom is 0.178 e. The van der Waals surface area contributed by atoms with Gasteiger partial charge in [-0.15, -0.1) is 11.8 Å². The Morgan fingerprint density at radius 2 is 1.81 bits per heavy atom. The molecule has 2 N–H and O–H groups in total.